The first-order valence-corrected chi connectivity index (χ1v) is 7.59. The van der Waals surface area contributed by atoms with Gasteiger partial charge in [0.1, 0.15) is 0 Å². The van der Waals surface area contributed by atoms with Crippen molar-refractivity contribution in [3.63, 3.8) is 0 Å². The van der Waals surface area contributed by atoms with E-state index in [9.17, 15) is 19.5 Å². The second-order valence-corrected chi connectivity index (χ2v) is 6.43. The van der Waals surface area contributed by atoms with E-state index in [-0.39, 0.29) is 30.6 Å². The van der Waals surface area contributed by atoms with Gasteiger partial charge >= 0.3 is 5.97 Å². The van der Waals surface area contributed by atoms with E-state index >= 15 is 0 Å². The van der Waals surface area contributed by atoms with E-state index in [1.807, 2.05) is 0 Å². The molecule has 21 heavy (non-hydrogen) atoms. The molecule has 2 fully saturated rings. The summed E-state index contributed by atoms with van der Waals surface area (Å²) in [6.45, 7) is 0.436. The van der Waals surface area contributed by atoms with Crippen LogP contribution < -0.4 is 0 Å². The van der Waals surface area contributed by atoms with Crippen LogP contribution in [0.25, 0.3) is 0 Å². The Kier molecular flexibility index (Phi) is 4.54. The van der Waals surface area contributed by atoms with Crippen LogP contribution in [0.1, 0.15) is 44.9 Å². The highest BCUT2D eigenvalue weighted by Crippen LogP contribution is 2.37. The van der Waals surface area contributed by atoms with Gasteiger partial charge in [0.25, 0.3) is 0 Å². The quantitative estimate of drug-likeness (QED) is 0.842. The van der Waals surface area contributed by atoms with Crippen molar-refractivity contribution in [2.45, 2.75) is 50.5 Å². The minimum Gasteiger partial charge on any atom is -0.481 e. The number of carbonyl (C=O) groups is 3. The number of carbonyl (C=O) groups excluding carboxylic acids is 2. The Morgan fingerprint density at radius 3 is 2.43 bits per heavy atom. The summed E-state index contributed by atoms with van der Waals surface area (Å²) >= 11 is 0. The Bertz CT molecular complexity index is 443. The molecule has 0 spiro atoms. The van der Waals surface area contributed by atoms with E-state index in [1.54, 1.807) is 23.9 Å². The highest BCUT2D eigenvalue weighted by Gasteiger charge is 2.44. The van der Waals surface area contributed by atoms with Crippen molar-refractivity contribution in [3.8, 4) is 0 Å². The summed E-state index contributed by atoms with van der Waals surface area (Å²) < 4.78 is 0. The van der Waals surface area contributed by atoms with Crippen LogP contribution in [0.3, 0.4) is 0 Å². The smallest absolute Gasteiger partial charge is 0.305 e. The van der Waals surface area contributed by atoms with Gasteiger partial charge in [-0.25, -0.2) is 0 Å². The molecule has 0 bridgehead atoms. The number of likely N-dealkylation sites (tertiary alicyclic amines) is 1. The minimum atomic E-state index is -0.865. The van der Waals surface area contributed by atoms with Crippen LogP contribution in [0.15, 0.2) is 0 Å². The Morgan fingerprint density at radius 2 is 1.95 bits per heavy atom. The molecule has 0 radical (unpaired) electrons. The molecule has 1 saturated carbocycles. The zero-order chi connectivity index (χ0) is 15.6. The highest BCUT2D eigenvalue weighted by atomic mass is 16.4. The van der Waals surface area contributed by atoms with Gasteiger partial charge in [-0.1, -0.05) is 19.3 Å². The monoisotopic (exact) mass is 296 g/mol. The minimum absolute atomic E-state index is 0.00819. The van der Waals surface area contributed by atoms with E-state index < -0.39 is 11.5 Å². The zero-order valence-corrected chi connectivity index (χ0v) is 12.8. The largest absolute Gasteiger partial charge is 0.481 e. The number of carboxylic acids is 1. The lowest BCUT2D eigenvalue weighted by Gasteiger charge is -2.44. The number of amides is 2. The predicted octanol–water partition coefficient (Wildman–Crippen LogP) is 1.10. The van der Waals surface area contributed by atoms with E-state index in [0.717, 1.165) is 32.1 Å². The predicted molar refractivity (Wildman–Crippen MR) is 76.6 cm³/mol. The molecule has 6 nitrogen and oxygen atoms in total. The van der Waals surface area contributed by atoms with Gasteiger partial charge in [-0.3, -0.25) is 14.4 Å². The first-order chi connectivity index (χ1) is 9.85. The summed E-state index contributed by atoms with van der Waals surface area (Å²) in [5.41, 5.74) is -0.578. The fourth-order valence-corrected chi connectivity index (χ4v) is 3.66. The maximum atomic E-state index is 12.7. The van der Waals surface area contributed by atoms with Gasteiger partial charge in [0.05, 0.1) is 17.9 Å². The second-order valence-electron chi connectivity index (χ2n) is 6.43. The summed E-state index contributed by atoms with van der Waals surface area (Å²) in [5.74, 6) is -1.30. The lowest BCUT2D eigenvalue weighted by atomic mass is 9.77. The van der Waals surface area contributed by atoms with E-state index in [4.69, 9.17) is 0 Å². The number of hydrogen-bond donors (Lipinski definition) is 1. The number of nitrogens with zero attached hydrogens (tertiary/aromatic N) is 2. The van der Waals surface area contributed by atoms with E-state index in [1.165, 1.54) is 0 Å². The first kappa shape index (κ1) is 15.8. The molecule has 1 saturated heterocycles. The van der Waals surface area contributed by atoms with Crippen LogP contribution in [0.2, 0.25) is 0 Å². The number of carboxylic acid groups (broad SMARTS) is 1. The Morgan fingerprint density at radius 1 is 1.33 bits per heavy atom. The van der Waals surface area contributed by atoms with Crippen LogP contribution in [0, 0.1) is 5.92 Å². The van der Waals surface area contributed by atoms with Gasteiger partial charge < -0.3 is 14.9 Å². The average Bonchev–Trinajstić information content (AvgIpc) is 2.77. The second kappa shape index (κ2) is 6.03. The third-order valence-electron chi connectivity index (χ3n) is 5.00. The van der Waals surface area contributed by atoms with Crippen molar-refractivity contribution >= 4 is 17.8 Å². The molecule has 1 N–H and O–H groups in total. The van der Waals surface area contributed by atoms with Gasteiger partial charge in [0, 0.05) is 27.1 Å². The van der Waals surface area contributed by atoms with E-state index in [2.05, 4.69) is 0 Å². The molecule has 1 atom stereocenters. The maximum absolute atomic E-state index is 12.7. The van der Waals surface area contributed by atoms with Crippen LogP contribution >= 0.6 is 0 Å². The van der Waals surface area contributed by atoms with Crippen molar-refractivity contribution < 1.29 is 19.5 Å². The number of aliphatic carboxylic acids is 1. The van der Waals surface area contributed by atoms with Crippen LogP contribution in [-0.4, -0.2) is 58.9 Å². The van der Waals surface area contributed by atoms with Gasteiger partial charge in [0.15, 0.2) is 0 Å². The molecule has 1 heterocycles. The molecule has 2 aliphatic rings. The molecule has 1 aliphatic carbocycles. The normalized spacial score (nSPS) is 25.0. The van der Waals surface area contributed by atoms with Crippen molar-refractivity contribution in [2.75, 3.05) is 20.6 Å². The third-order valence-corrected chi connectivity index (χ3v) is 5.00. The molecule has 118 valence electrons. The first-order valence-electron chi connectivity index (χ1n) is 7.59. The van der Waals surface area contributed by atoms with Crippen molar-refractivity contribution in [1.82, 2.24) is 9.80 Å². The molecule has 6 heteroatoms. The summed E-state index contributed by atoms with van der Waals surface area (Å²) in [6.07, 6.45) is 4.70. The van der Waals surface area contributed by atoms with Crippen LogP contribution in [0.4, 0.5) is 0 Å². The van der Waals surface area contributed by atoms with Gasteiger partial charge in [0.2, 0.25) is 11.8 Å². The van der Waals surface area contributed by atoms with Crippen LogP contribution in [0.5, 0.6) is 0 Å². The molecule has 0 aromatic heterocycles. The Hall–Kier alpha value is -1.59. The molecule has 0 aromatic rings. The highest BCUT2D eigenvalue weighted by molar-refractivity contribution is 5.89. The SMILES string of the molecule is CN1CC(C(=O)N(C)C2(CC(=O)O)CCCCC2)CC1=O. The fourth-order valence-electron chi connectivity index (χ4n) is 3.66. The fraction of sp³-hybridized carbons (Fsp3) is 0.800. The van der Waals surface area contributed by atoms with E-state index in [0.29, 0.717) is 6.54 Å². The van der Waals surface area contributed by atoms with Crippen molar-refractivity contribution in [3.05, 3.63) is 0 Å². The lowest BCUT2D eigenvalue weighted by molar-refractivity contribution is -0.148. The molecular formula is C15H24N2O4. The number of rotatable bonds is 4. The third kappa shape index (κ3) is 3.19. The maximum Gasteiger partial charge on any atom is 0.305 e. The zero-order valence-electron chi connectivity index (χ0n) is 12.8. The molecule has 2 rings (SSSR count). The van der Waals surface area contributed by atoms with Crippen LogP contribution in [-0.2, 0) is 14.4 Å². The van der Waals surface area contributed by atoms with Crippen molar-refractivity contribution in [1.29, 1.82) is 0 Å². The summed E-state index contributed by atoms with van der Waals surface area (Å²) in [7, 11) is 3.41. The molecule has 1 aliphatic heterocycles. The average molecular weight is 296 g/mol. The Labute approximate surface area is 125 Å². The van der Waals surface area contributed by atoms with Gasteiger partial charge in [-0.05, 0) is 12.8 Å². The topological polar surface area (TPSA) is 77.9 Å². The summed E-state index contributed by atoms with van der Waals surface area (Å²) in [5, 5.41) is 9.21. The van der Waals surface area contributed by atoms with Gasteiger partial charge in [-0.15, -0.1) is 0 Å². The molecule has 1 unspecified atom stereocenters. The number of hydrogen-bond acceptors (Lipinski definition) is 3. The standard InChI is InChI=1S/C15H24N2O4/c1-16-10-11(8-12(16)18)14(21)17(2)15(9-13(19)20)6-4-3-5-7-15/h11H,3-10H2,1-2H3,(H,19,20). The lowest BCUT2D eigenvalue weighted by Crippen LogP contribution is -2.54. The molecule has 0 aromatic carbocycles. The molecular weight excluding hydrogens is 272 g/mol. The Balaban J connectivity index is 2.14. The molecule has 2 amide bonds. The summed E-state index contributed by atoms with van der Waals surface area (Å²) in [6, 6.07) is 0. The van der Waals surface area contributed by atoms with Crippen molar-refractivity contribution in [2.24, 2.45) is 5.92 Å². The summed E-state index contributed by atoms with van der Waals surface area (Å²) in [4.78, 5) is 38.7. The van der Waals surface area contributed by atoms with Gasteiger partial charge in [-0.2, -0.15) is 0 Å².